The molecule has 0 aliphatic heterocycles. The van der Waals surface area contributed by atoms with Crippen molar-refractivity contribution < 1.29 is 14.3 Å². The van der Waals surface area contributed by atoms with E-state index in [-0.39, 0.29) is 5.91 Å². The van der Waals surface area contributed by atoms with Crippen molar-refractivity contribution in [3.05, 3.63) is 34.3 Å². The van der Waals surface area contributed by atoms with Crippen LogP contribution < -0.4 is 20.6 Å². The Bertz CT molecular complexity index is 789. The monoisotopic (exact) mass is 390 g/mol. The third-order valence-corrected chi connectivity index (χ3v) is 4.83. The summed E-state index contributed by atoms with van der Waals surface area (Å²) in [6.07, 6.45) is 6.15. The second-order valence-corrected chi connectivity index (χ2v) is 7.02. The molecule has 1 heterocycles. The number of rotatable bonds is 10. The molecule has 1 amide bonds. The molecule has 27 heavy (non-hydrogen) atoms. The fraction of sp³-hybridized carbons (Fsp3) is 0.421. The molecule has 0 radical (unpaired) electrons. The SMILES string of the molecule is CCCCCCOc1ccc(C=NNC(=O)c2sc(N)nc2C)cc1OC. The number of hydrogen-bond acceptors (Lipinski definition) is 7. The van der Waals surface area contributed by atoms with Gasteiger partial charge in [-0.05, 0) is 37.1 Å². The maximum atomic E-state index is 12.1. The summed E-state index contributed by atoms with van der Waals surface area (Å²) in [5, 5.41) is 4.34. The standard InChI is InChI=1S/C19H26N4O3S/c1-4-5-6-7-10-26-15-9-8-14(11-16(15)25-3)12-21-23-18(24)17-13(2)22-19(20)27-17/h8-9,11-12H,4-7,10H2,1-3H3,(H2,20,22)(H,23,24). The average Bonchev–Trinajstić information content (AvgIpc) is 3.00. The van der Waals surface area contributed by atoms with Gasteiger partial charge in [0, 0.05) is 0 Å². The van der Waals surface area contributed by atoms with Crippen molar-refractivity contribution in [3.8, 4) is 11.5 Å². The third-order valence-electron chi connectivity index (χ3n) is 3.84. The van der Waals surface area contributed by atoms with Gasteiger partial charge in [-0.3, -0.25) is 4.79 Å². The number of carbonyl (C=O) groups is 1. The van der Waals surface area contributed by atoms with Gasteiger partial charge in [0.05, 0.1) is 25.6 Å². The number of amides is 1. The largest absolute Gasteiger partial charge is 0.493 e. The lowest BCUT2D eigenvalue weighted by atomic mass is 10.2. The lowest BCUT2D eigenvalue weighted by molar-refractivity contribution is 0.0958. The maximum absolute atomic E-state index is 12.1. The molecule has 0 bridgehead atoms. The first kappa shape index (κ1) is 20.7. The molecule has 2 rings (SSSR count). The number of aromatic nitrogens is 1. The number of aryl methyl sites for hydroxylation is 1. The minimum Gasteiger partial charge on any atom is -0.493 e. The van der Waals surface area contributed by atoms with Gasteiger partial charge in [0.1, 0.15) is 4.88 Å². The van der Waals surface area contributed by atoms with Crippen molar-refractivity contribution in [1.29, 1.82) is 0 Å². The average molecular weight is 391 g/mol. The molecule has 2 aromatic rings. The van der Waals surface area contributed by atoms with Gasteiger partial charge in [-0.15, -0.1) is 0 Å². The number of nitrogens with zero attached hydrogens (tertiary/aromatic N) is 2. The normalized spacial score (nSPS) is 10.9. The molecule has 1 aromatic carbocycles. The van der Waals surface area contributed by atoms with Gasteiger partial charge in [-0.1, -0.05) is 37.5 Å². The van der Waals surface area contributed by atoms with Crippen LogP contribution in [-0.4, -0.2) is 30.8 Å². The van der Waals surface area contributed by atoms with Crippen LogP contribution in [-0.2, 0) is 0 Å². The van der Waals surface area contributed by atoms with Crippen LogP contribution >= 0.6 is 11.3 Å². The van der Waals surface area contributed by atoms with Crippen molar-refractivity contribution >= 4 is 28.6 Å². The summed E-state index contributed by atoms with van der Waals surface area (Å²) >= 11 is 1.13. The topological polar surface area (TPSA) is 98.8 Å². The van der Waals surface area contributed by atoms with Crippen molar-refractivity contribution in [2.45, 2.75) is 39.5 Å². The van der Waals surface area contributed by atoms with Crippen LogP contribution in [0.2, 0.25) is 0 Å². The van der Waals surface area contributed by atoms with Crippen molar-refractivity contribution in [3.63, 3.8) is 0 Å². The quantitative estimate of drug-likeness (QED) is 0.365. The molecule has 0 fully saturated rings. The van der Waals surface area contributed by atoms with E-state index in [1.54, 1.807) is 20.2 Å². The Balaban J connectivity index is 1.93. The van der Waals surface area contributed by atoms with Crippen LogP contribution in [0.1, 0.15) is 53.5 Å². The molecule has 8 heteroatoms. The number of ether oxygens (including phenoxy) is 2. The van der Waals surface area contributed by atoms with E-state index in [1.165, 1.54) is 12.8 Å². The molecule has 0 saturated heterocycles. The molecule has 3 N–H and O–H groups in total. The summed E-state index contributed by atoms with van der Waals surface area (Å²) in [6, 6.07) is 5.51. The van der Waals surface area contributed by atoms with Crippen LogP contribution in [0.25, 0.3) is 0 Å². The van der Waals surface area contributed by atoms with E-state index in [4.69, 9.17) is 15.2 Å². The lowest BCUT2D eigenvalue weighted by Crippen LogP contribution is -2.17. The second kappa shape index (κ2) is 10.5. The maximum Gasteiger partial charge on any atom is 0.283 e. The van der Waals surface area contributed by atoms with E-state index >= 15 is 0 Å². The number of nitrogens with one attached hydrogen (secondary N) is 1. The Morgan fingerprint density at radius 3 is 2.81 bits per heavy atom. The predicted molar refractivity (Wildman–Crippen MR) is 109 cm³/mol. The summed E-state index contributed by atoms with van der Waals surface area (Å²) in [5.74, 6) is 0.995. The van der Waals surface area contributed by atoms with E-state index in [0.29, 0.717) is 33.8 Å². The highest BCUT2D eigenvalue weighted by atomic mass is 32.1. The van der Waals surface area contributed by atoms with Gasteiger partial charge < -0.3 is 15.2 Å². The third kappa shape index (κ3) is 6.25. The fourth-order valence-electron chi connectivity index (χ4n) is 2.44. The number of carbonyl (C=O) groups excluding carboxylic acids is 1. The molecule has 0 unspecified atom stereocenters. The minimum atomic E-state index is -0.336. The van der Waals surface area contributed by atoms with Gasteiger partial charge in [0.2, 0.25) is 0 Å². The van der Waals surface area contributed by atoms with Gasteiger partial charge in [0.15, 0.2) is 16.6 Å². The van der Waals surface area contributed by atoms with Crippen LogP contribution in [0.3, 0.4) is 0 Å². The Morgan fingerprint density at radius 2 is 2.15 bits per heavy atom. The first-order valence-electron chi connectivity index (χ1n) is 8.92. The Morgan fingerprint density at radius 1 is 1.33 bits per heavy atom. The molecular weight excluding hydrogens is 364 g/mol. The van der Waals surface area contributed by atoms with Gasteiger partial charge in [-0.2, -0.15) is 5.10 Å². The minimum absolute atomic E-state index is 0.336. The highest BCUT2D eigenvalue weighted by molar-refractivity contribution is 7.17. The number of benzene rings is 1. The van der Waals surface area contributed by atoms with Crippen LogP contribution in [0.5, 0.6) is 11.5 Å². The zero-order valence-corrected chi connectivity index (χ0v) is 16.8. The summed E-state index contributed by atoms with van der Waals surface area (Å²) in [4.78, 5) is 16.6. The molecule has 0 aliphatic carbocycles. The van der Waals surface area contributed by atoms with E-state index in [1.807, 2.05) is 18.2 Å². The molecule has 1 aromatic heterocycles. The number of nitrogen functional groups attached to an aromatic ring is 1. The zero-order valence-electron chi connectivity index (χ0n) is 15.9. The lowest BCUT2D eigenvalue weighted by Gasteiger charge is -2.11. The summed E-state index contributed by atoms with van der Waals surface area (Å²) in [5.41, 5.74) is 9.46. The van der Waals surface area contributed by atoms with Crippen molar-refractivity contribution in [1.82, 2.24) is 10.4 Å². The number of unbranched alkanes of at least 4 members (excludes halogenated alkanes) is 3. The molecule has 146 valence electrons. The number of anilines is 1. The van der Waals surface area contributed by atoms with Gasteiger partial charge in [0.25, 0.3) is 5.91 Å². The predicted octanol–water partition coefficient (Wildman–Crippen LogP) is 3.77. The number of methoxy groups -OCH3 is 1. The highest BCUT2D eigenvalue weighted by Crippen LogP contribution is 2.27. The van der Waals surface area contributed by atoms with Crippen molar-refractivity contribution in [2.75, 3.05) is 19.5 Å². The Labute approximate surface area is 163 Å². The van der Waals surface area contributed by atoms with E-state index in [9.17, 15) is 4.79 Å². The summed E-state index contributed by atoms with van der Waals surface area (Å²) in [6.45, 7) is 4.58. The smallest absolute Gasteiger partial charge is 0.283 e. The van der Waals surface area contributed by atoms with Crippen LogP contribution in [0.4, 0.5) is 5.13 Å². The van der Waals surface area contributed by atoms with Gasteiger partial charge >= 0.3 is 0 Å². The zero-order chi connectivity index (χ0) is 19.6. The van der Waals surface area contributed by atoms with Crippen LogP contribution in [0.15, 0.2) is 23.3 Å². The fourth-order valence-corrected chi connectivity index (χ4v) is 3.16. The number of thiazole rings is 1. The first-order chi connectivity index (χ1) is 13.0. The Kier molecular flexibility index (Phi) is 8.06. The van der Waals surface area contributed by atoms with E-state index < -0.39 is 0 Å². The first-order valence-corrected chi connectivity index (χ1v) is 9.74. The van der Waals surface area contributed by atoms with Gasteiger partial charge in [-0.25, -0.2) is 10.4 Å². The number of hydrogen-bond donors (Lipinski definition) is 2. The molecule has 0 atom stereocenters. The molecular formula is C19H26N4O3S. The van der Waals surface area contributed by atoms with Crippen molar-refractivity contribution in [2.24, 2.45) is 5.10 Å². The Hall–Kier alpha value is -2.61. The molecule has 0 aliphatic rings. The second-order valence-electron chi connectivity index (χ2n) is 5.99. The van der Waals surface area contributed by atoms with E-state index in [2.05, 4.69) is 22.4 Å². The van der Waals surface area contributed by atoms with E-state index in [0.717, 1.165) is 29.7 Å². The number of hydrazone groups is 1. The summed E-state index contributed by atoms with van der Waals surface area (Å²) < 4.78 is 11.2. The number of nitrogens with two attached hydrogens (primary N) is 1. The summed E-state index contributed by atoms with van der Waals surface area (Å²) in [7, 11) is 1.60. The molecule has 0 spiro atoms. The molecule has 7 nitrogen and oxygen atoms in total. The molecule has 0 saturated carbocycles. The van der Waals surface area contributed by atoms with Crippen LogP contribution in [0, 0.1) is 6.92 Å². The highest BCUT2D eigenvalue weighted by Gasteiger charge is 2.13.